The minimum Gasteiger partial charge on any atom is -0.338 e. The standard InChI is InChI=1S/C23H32F3N3O/c24-23(25,26)16-29(21(30)28-6-1-2-17-3-7-27-8-4-17)9-5-22-13-18-10-19(14-22)12-20(11-18)15-22/h3-4,7-8,18-20H,1-2,5-6,9-16H2,(H,28,30). The molecular formula is C23H32F3N3O. The highest BCUT2D eigenvalue weighted by Crippen LogP contribution is 2.61. The molecular weight excluding hydrogens is 391 g/mol. The molecule has 1 aromatic rings. The number of hydrogen-bond donors (Lipinski definition) is 1. The maximum atomic E-state index is 13.1. The van der Waals surface area contributed by atoms with Crippen molar-refractivity contribution in [3.8, 4) is 0 Å². The van der Waals surface area contributed by atoms with Crippen molar-refractivity contribution in [3.05, 3.63) is 30.1 Å². The van der Waals surface area contributed by atoms with E-state index in [1.165, 1.54) is 19.3 Å². The monoisotopic (exact) mass is 423 g/mol. The lowest BCUT2D eigenvalue weighted by molar-refractivity contribution is -0.142. The summed E-state index contributed by atoms with van der Waals surface area (Å²) < 4.78 is 39.4. The van der Waals surface area contributed by atoms with Crippen LogP contribution in [0.25, 0.3) is 0 Å². The molecule has 5 rings (SSSR count). The average molecular weight is 424 g/mol. The van der Waals surface area contributed by atoms with Crippen LogP contribution in [0.2, 0.25) is 0 Å². The van der Waals surface area contributed by atoms with E-state index in [1.807, 2.05) is 12.1 Å². The molecule has 0 unspecified atom stereocenters. The van der Waals surface area contributed by atoms with Crippen molar-refractivity contribution in [3.63, 3.8) is 0 Å². The molecule has 4 aliphatic carbocycles. The first-order valence-electron chi connectivity index (χ1n) is 11.3. The van der Waals surface area contributed by atoms with Crippen LogP contribution in [0, 0.1) is 23.2 Å². The normalized spacial score (nSPS) is 29.8. The molecule has 4 fully saturated rings. The van der Waals surface area contributed by atoms with Gasteiger partial charge < -0.3 is 10.2 Å². The Balaban J connectivity index is 1.29. The molecule has 4 saturated carbocycles. The van der Waals surface area contributed by atoms with E-state index in [-0.39, 0.29) is 12.0 Å². The lowest BCUT2D eigenvalue weighted by atomic mass is 9.49. The molecule has 7 heteroatoms. The van der Waals surface area contributed by atoms with Crippen molar-refractivity contribution in [2.45, 2.75) is 64.0 Å². The second-order valence-corrected chi connectivity index (χ2v) is 9.90. The molecule has 4 aliphatic rings. The molecule has 0 atom stereocenters. The van der Waals surface area contributed by atoms with Gasteiger partial charge in [0, 0.05) is 25.5 Å². The number of urea groups is 1. The van der Waals surface area contributed by atoms with Crippen LogP contribution in [-0.4, -0.2) is 41.7 Å². The summed E-state index contributed by atoms with van der Waals surface area (Å²) in [4.78, 5) is 17.5. The van der Waals surface area contributed by atoms with Gasteiger partial charge in [-0.25, -0.2) is 4.79 Å². The second-order valence-electron chi connectivity index (χ2n) is 9.90. The van der Waals surface area contributed by atoms with Crippen LogP contribution in [0.5, 0.6) is 0 Å². The van der Waals surface area contributed by atoms with Crippen molar-refractivity contribution in [1.29, 1.82) is 0 Å². The van der Waals surface area contributed by atoms with Gasteiger partial charge in [0.15, 0.2) is 0 Å². The summed E-state index contributed by atoms with van der Waals surface area (Å²) >= 11 is 0. The number of nitrogens with one attached hydrogen (secondary N) is 1. The van der Waals surface area contributed by atoms with Gasteiger partial charge in [-0.15, -0.1) is 0 Å². The number of pyridine rings is 1. The molecule has 0 saturated heterocycles. The molecule has 0 aromatic carbocycles. The minimum absolute atomic E-state index is 0.167. The lowest BCUT2D eigenvalue weighted by Gasteiger charge is -2.57. The van der Waals surface area contributed by atoms with Gasteiger partial charge in [0.25, 0.3) is 0 Å². The molecule has 0 radical (unpaired) electrons. The van der Waals surface area contributed by atoms with Gasteiger partial charge in [-0.3, -0.25) is 4.98 Å². The van der Waals surface area contributed by atoms with Crippen LogP contribution in [-0.2, 0) is 6.42 Å². The fraction of sp³-hybridized carbons (Fsp3) is 0.739. The minimum atomic E-state index is -4.38. The number of aromatic nitrogens is 1. The van der Waals surface area contributed by atoms with Crippen molar-refractivity contribution < 1.29 is 18.0 Å². The van der Waals surface area contributed by atoms with E-state index in [0.717, 1.165) is 53.9 Å². The molecule has 1 aromatic heterocycles. The molecule has 1 N–H and O–H groups in total. The molecule has 1 heterocycles. The first kappa shape index (κ1) is 21.4. The summed E-state index contributed by atoms with van der Waals surface area (Å²) in [6.45, 7) is -0.607. The molecule has 30 heavy (non-hydrogen) atoms. The number of carbonyl (C=O) groups is 1. The van der Waals surface area contributed by atoms with Crippen LogP contribution < -0.4 is 5.32 Å². The summed E-state index contributed by atoms with van der Waals surface area (Å²) in [5.41, 5.74) is 1.27. The molecule has 166 valence electrons. The van der Waals surface area contributed by atoms with E-state index < -0.39 is 18.8 Å². The Morgan fingerprint density at radius 1 is 1.10 bits per heavy atom. The number of halogens is 3. The van der Waals surface area contributed by atoms with Gasteiger partial charge >= 0.3 is 12.2 Å². The number of hydrogen-bond acceptors (Lipinski definition) is 2. The number of nitrogens with zero attached hydrogens (tertiary/aromatic N) is 2. The van der Waals surface area contributed by atoms with E-state index in [1.54, 1.807) is 12.4 Å². The fourth-order valence-electron chi connectivity index (χ4n) is 6.59. The third-order valence-electron chi connectivity index (χ3n) is 7.40. The molecule has 0 aliphatic heterocycles. The highest BCUT2D eigenvalue weighted by atomic mass is 19.4. The third-order valence-corrected chi connectivity index (χ3v) is 7.40. The fourth-order valence-corrected chi connectivity index (χ4v) is 6.59. The van der Waals surface area contributed by atoms with E-state index in [2.05, 4.69) is 10.3 Å². The Labute approximate surface area is 176 Å². The van der Waals surface area contributed by atoms with Crippen molar-refractivity contribution in [2.24, 2.45) is 23.2 Å². The largest absolute Gasteiger partial charge is 0.406 e. The smallest absolute Gasteiger partial charge is 0.338 e. The first-order valence-corrected chi connectivity index (χ1v) is 11.3. The number of alkyl halides is 3. The highest BCUT2D eigenvalue weighted by molar-refractivity contribution is 5.74. The van der Waals surface area contributed by atoms with Gasteiger partial charge in [-0.2, -0.15) is 13.2 Å². The number of rotatable bonds is 8. The first-order chi connectivity index (χ1) is 14.3. The zero-order valence-electron chi connectivity index (χ0n) is 17.5. The summed E-state index contributed by atoms with van der Waals surface area (Å²) in [5.74, 6) is 2.28. The van der Waals surface area contributed by atoms with Gasteiger partial charge in [-0.1, -0.05) is 0 Å². The van der Waals surface area contributed by atoms with Crippen molar-refractivity contribution in [2.75, 3.05) is 19.6 Å². The topological polar surface area (TPSA) is 45.2 Å². The Morgan fingerprint density at radius 3 is 2.27 bits per heavy atom. The SMILES string of the molecule is O=C(NCCCc1ccncc1)N(CCC12CC3CC(CC(C3)C1)C2)CC(F)(F)F. The average Bonchev–Trinajstić information content (AvgIpc) is 2.67. The summed E-state index contributed by atoms with van der Waals surface area (Å²) in [7, 11) is 0. The van der Waals surface area contributed by atoms with E-state index in [9.17, 15) is 18.0 Å². The third kappa shape index (κ3) is 5.46. The Bertz CT molecular complexity index is 687. The van der Waals surface area contributed by atoms with Gasteiger partial charge in [-0.05, 0) is 98.7 Å². The van der Waals surface area contributed by atoms with Crippen LogP contribution in [0.3, 0.4) is 0 Å². The molecule has 4 bridgehead atoms. The number of aryl methyl sites for hydroxylation is 1. The Hall–Kier alpha value is -1.79. The van der Waals surface area contributed by atoms with E-state index >= 15 is 0 Å². The summed E-state index contributed by atoms with van der Waals surface area (Å²) in [6.07, 6.45) is 8.56. The zero-order chi connectivity index (χ0) is 21.2. The van der Waals surface area contributed by atoms with E-state index in [0.29, 0.717) is 19.4 Å². The quantitative estimate of drug-likeness (QED) is 0.585. The lowest BCUT2D eigenvalue weighted by Crippen LogP contribution is -2.50. The zero-order valence-corrected chi connectivity index (χ0v) is 17.5. The Kier molecular flexibility index (Phi) is 6.26. The highest BCUT2D eigenvalue weighted by Gasteiger charge is 2.50. The van der Waals surface area contributed by atoms with E-state index in [4.69, 9.17) is 0 Å². The van der Waals surface area contributed by atoms with Crippen LogP contribution in [0.4, 0.5) is 18.0 Å². The Morgan fingerprint density at radius 2 is 1.70 bits per heavy atom. The van der Waals surface area contributed by atoms with Crippen molar-refractivity contribution in [1.82, 2.24) is 15.2 Å². The van der Waals surface area contributed by atoms with Crippen LogP contribution >= 0.6 is 0 Å². The number of carbonyl (C=O) groups excluding carboxylic acids is 1. The van der Waals surface area contributed by atoms with Gasteiger partial charge in [0.1, 0.15) is 6.54 Å². The molecule has 4 nitrogen and oxygen atoms in total. The maximum absolute atomic E-state index is 13.1. The number of amides is 2. The predicted octanol–water partition coefficient (Wildman–Crippen LogP) is 5.19. The predicted molar refractivity (Wildman–Crippen MR) is 109 cm³/mol. The molecule has 0 spiro atoms. The van der Waals surface area contributed by atoms with Crippen LogP contribution in [0.1, 0.15) is 56.9 Å². The van der Waals surface area contributed by atoms with Crippen molar-refractivity contribution >= 4 is 6.03 Å². The second kappa shape index (κ2) is 8.75. The summed E-state index contributed by atoms with van der Waals surface area (Å²) in [5, 5.41) is 2.71. The van der Waals surface area contributed by atoms with Crippen LogP contribution in [0.15, 0.2) is 24.5 Å². The van der Waals surface area contributed by atoms with Gasteiger partial charge in [0.05, 0.1) is 0 Å². The van der Waals surface area contributed by atoms with Gasteiger partial charge in [0.2, 0.25) is 0 Å². The maximum Gasteiger partial charge on any atom is 0.406 e. The molecule has 2 amide bonds. The summed E-state index contributed by atoms with van der Waals surface area (Å²) in [6, 6.07) is 3.22.